The summed E-state index contributed by atoms with van der Waals surface area (Å²) in [5, 5.41) is 11.9. The Morgan fingerprint density at radius 2 is 2.22 bits per heavy atom. The van der Waals surface area contributed by atoms with E-state index >= 15 is 0 Å². The minimum atomic E-state index is -1.10. The van der Waals surface area contributed by atoms with Crippen LogP contribution in [0, 0.1) is 0 Å². The Balaban J connectivity index is 2.16. The molecule has 5 heteroatoms. The van der Waals surface area contributed by atoms with Crippen LogP contribution < -0.4 is 0 Å². The van der Waals surface area contributed by atoms with Gasteiger partial charge in [-0.2, -0.15) is 0 Å². The van der Waals surface area contributed by atoms with Gasteiger partial charge in [-0.1, -0.05) is 18.2 Å². The number of nitrogens with zero attached hydrogens (tertiary/aromatic N) is 1. The number of rotatable bonds is 4. The average Bonchev–Trinajstić information content (AvgIpc) is 2.80. The number of aromatic amines is 1. The third-order valence-electron chi connectivity index (χ3n) is 2.96. The number of fused-ring (bicyclic) bond motifs is 1. The van der Waals surface area contributed by atoms with Crippen molar-refractivity contribution in [3.05, 3.63) is 36.0 Å². The highest BCUT2D eigenvalue weighted by atomic mass is 16.7. The monoisotopic (exact) mass is 248 g/mol. The summed E-state index contributed by atoms with van der Waals surface area (Å²) in [6.07, 6.45) is 0.971. The minimum absolute atomic E-state index is 0.260. The van der Waals surface area contributed by atoms with Crippen LogP contribution in [0.2, 0.25) is 0 Å². The molecule has 1 aromatic heterocycles. The van der Waals surface area contributed by atoms with E-state index < -0.39 is 12.0 Å². The summed E-state index contributed by atoms with van der Waals surface area (Å²) in [6, 6.07) is 7.77. The van der Waals surface area contributed by atoms with E-state index in [4.69, 9.17) is 4.84 Å². The first-order valence-electron chi connectivity index (χ1n) is 5.68. The van der Waals surface area contributed by atoms with E-state index in [1.54, 1.807) is 0 Å². The van der Waals surface area contributed by atoms with Crippen LogP contribution in [0.1, 0.15) is 5.56 Å². The van der Waals surface area contributed by atoms with Gasteiger partial charge in [-0.15, -0.1) is 0 Å². The molecule has 1 heterocycles. The summed E-state index contributed by atoms with van der Waals surface area (Å²) in [5.74, 6) is -0.456. The first kappa shape index (κ1) is 12.6. The molecule has 96 valence electrons. The summed E-state index contributed by atoms with van der Waals surface area (Å²) in [4.78, 5) is 19.5. The lowest BCUT2D eigenvalue weighted by atomic mass is 10.1. The predicted octanol–water partition coefficient (Wildman–Crippen LogP) is 1.09. The zero-order valence-electron chi connectivity index (χ0n) is 10.4. The molecule has 18 heavy (non-hydrogen) atoms. The normalized spacial score (nSPS) is 12.6. The molecule has 1 atom stereocenters. The van der Waals surface area contributed by atoms with Crippen LogP contribution in [-0.2, 0) is 16.1 Å². The number of hydroxylamine groups is 2. The van der Waals surface area contributed by atoms with E-state index in [9.17, 15) is 9.90 Å². The second kappa shape index (κ2) is 5.20. The number of hydrogen-bond donors (Lipinski definition) is 2. The van der Waals surface area contributed by atoms with Gasteiger partial charge in [-0.05, 0) is 11.6 Å². The maximum atomic E-state index is 11.7. The highest BCUT2D eigenvalue weighted by molar-refractivity contribution is 5.85. The number of para-hydroxylation sites is 1. The molecule has 0 fully saturated rings. The number of nitrogens with one attached hydrogen (secondary N) is 1. The summed E-state index contributed by atoms with van der Waals surface area (Å²) in [5.41, 5.74) is 1.91. The second-order valence-electron chi connectivity index (χ2n) is 4.10. The summed E-state index contributed by atoms with van der Waals surface area (Å²) < 4.78 is 0. The maximum Gasteiger partial charge on any atom is 0.274 e. The van der Waals surface area contributed by atoms with E-state index in [1.165, 1.54) is 14.2 Å². The van der Waals surface area contributed by atoms with E-state index in [0.29, 0.717) is 0 Å². The van der Waals surface area contributed by atoms with Crippen LogP contribution in [0.25, 0.3) is 10.9 Å². The Hall–Kier alpha value is -1.85. The van der Waals surface area contributed by atoms with Crippen molar-refractivity contribution < 1.29 is 14.7 Å². The van der Waals surface area contributed by atoms with Crippen molar-refractivity contribution in [2.45, 2.75) is 12.5 Å². The SMILES string of the molecule is CON(C)C(=O)C(O)Cc1c[nH]c2ccccc12. The van der Waals surface area contributed by atoms with Crippen molar-refractivity contribution in [2.24, 2.45) is 0 Å². The number of carbonyl (C=O) groups is 1. The van der Waals surface area contributed by atoms with Crippen LogP contribution >= 0.6 is 0 Å². The van der Waals surface area contributed by atoms with Gasteiger partial charge in [0.15, 0.2) is 0 Å². The molecule has 5 nitrogen and oxygen atoms in total. The molecule has 0 aliphatic heterocycles. The van der Waals surface area contributed by atoms with E-state index in [2.05, 4.69) is 4.98 Å². The first-order chi connectivity index (χ1) is 8.63. The highest BCUT2D eigenvalue weighted by Crippen LogP contribution is 2.19. The fraction of sp³-hybridized carbons (Fsp3) is 0.308. The Morgan fingerprint density at radius 1 is 1.50 bits per heavy atom. The molecule has 2 N–H and O–H groups in total. The van der Waals surface area contributed by atoms with E-state index in [1.807, 2.05) is 30.5 Å². The lowest BCUT2D eigenvalue weighted by molar-refractivity contribution is -0.177. The Bertz CT molecular complexity index is 550. The molecule has 0 spiro atoms. The Labute approximate surface area is 105 Å². The Kier molecular flexibility index (Phi) is 3.64. The molecule has 1 unspecified atom stereocenters. The second-order valence-corrected chi connectivity index (χ2v) is 4.10. The van der Waals surface area contributed by atoms with Crippen molar-refractivity contribution in [1.82, 2.24) is 10.0 Å². The van der Waals surface area contributed by atoms with Gasteiger partial charge >= 0.3 is 0 Å². The quantitative estimate of drug-likeness (QED) is 0.796. The first-order valence-corrected chi connectivity index (χ1v) is 5.68. The Morgan fingerprint density at radius 3 is 2.94 bits per heavy atom. The minimum Gasteiger partial charge on any atom is -0.383 e. The van der Waals surface area contributed by atoms with E-state index in [-0.39, 0.29) is 6.42 Å². The topological polar surface area (TPSA) is 65.6 Å². The molecule has 0 bridgehead atoms. The van der Waals surface area contributed by atoms with Crippen molar-refractivity contribution >= 4 is 16.8 Å². The van der Waals surface area contributed by atoms with E-state index in [0.717, 1.165) is 21.5 Å². The van der Waals surface area contributed by atoms with Crippen LogP contribution in [0.15, 0.2) is 30.5 Å². The molecule has 0 saturated carbocycles. The largest absolute Gasteiger partial charge is 0.383 e. The molecule has 0 aliphatic rings. The molecule has 1 amide bonds. The van der Waals surface area contributed by atoms with Crippen molar-refractivity contribution in [2.75, 3.05) is 14.2 Å². The molecule has 0 aliphatic carbocycles. The van der Waals surface area contributed by atoms with Gasteiger partial charge < -0.3 is 10.1 Å². The van der Waals surface area contributed by atoms with Crippen molar-refractivity contribution in [1.29, 1.82) is 0 Å². The number of carbonyl (C=O) groups excluding carboxylic acids is 1. The lowest BCUT2D eigenvalue weighted by Gasteiger charge is -2.17. The van der Waals surface area contributed by atoms with Crippen LogP contribution in [-0.4, -0.2) is 41.3 Å². The smallest absolute Gasteiger partial charge is 0.274 e. The fourth-order valence-corrected chi connectivity index (χ4v) is 1.90. The zero-order valence-corrected chi connectivity index (χ0v) is 10.4. The molecule has 2 rings (SSSR count). The molecule has 2 aromatic rings. The lowest BCUT2D eigenvalue weighted by Crippen LogP contribution is -2.36. The average molecular weight is 248 g/mol. The number of aromatic nitrogens is 1. The number of amides is 1. The number of aliphatic hydroxyl groups is 1. The van der Waals surface area contributed by atoms with Gasteiger partial charge in [0.2, 0.25) is 0 Å². The maximum absolute atomic E-state index is 11.7. The van der Waals surface area contributed by atoms with Crippen LogP contribution in [0.5, 0.6) is 0 Å². The van der Waals surface area contributed by atoms with Crippen molar-refractivity contribution in [3.8, 4) is 0 Å². The number of benzene rings is 1. The third kappa shape index (κ3) is 2.37. The van der Waals surface area contributed by atoms with Gasteiger partial charge in [0.05, 0.1) is 7.11 Å². The summed E-state index contributed by atoms with van der Waals surface area (Å²) in [6.45, 7) is 0. The molecule has 0 radical (unpaired) electrons. The van der Waals surface area contributed by atoms with Gasteiger partial charge in [0.1, 0.15) is 6.10 Å². The van der Waals surface area contributed by atoms with Gasteiger partial charge in [-0.3, -0.25) is 9.63 Å². The highest BCUT2D eigenvalue weighted by Gasteiger charge is 2.21. The summed E-state index contributed by atoms with van der Waals surface area (Å²) in [7, 11) is 2.86. The summed E-state index contributed by atoms with van der Waals surface area (Å²) >= 11 is 0. The standard InChI is InChI=1S/C13H16N2O3/c1-15(18-2)13(17)12(16)7-9-8-14-11-6-4-3-5-10(9)11/h3-6,8,12,14,16H,7H2,1-2H3. The number of H-pyrrole nitrogens is 1. The van der Waals surface area contributed by atoms with Gasteiger partial charge in [-0.25, -0.2) is 5.06 Å². The third-order valence-corrected chi connectivity index (χ3v) is 2.96. The number of aliphatic hydroxyl groups excluding tert-OH is 1. The molecule has 1 aromatic carbocycles. The fourth-order valence-electron chi connectivity index (χ4n) is 1.90. The molecular weight excluding hydrogens is 232 g/mol. The molecule has 0 saturated heterocycles. The van der Waals surface area contributed by atoms with Gasteiger partial charge in [0.25, 0.3) is 5.91 Å². The zero-order chi connectivity index (χ0) is 13.1. The van der Waals surface area contributed by atoms with Crippen molar-refractivity contribution in [3.63, 3.8) is 0 Å². The predicted molar refractivity (Wildman–Crippen MR) is 67.8 cm³/mol. The number of likely N-dealkylation sites (N-methyl/N-ethyl adjacent to an activating group) is 1. The van der Waals surface area contributed by atoms with Crippen LogP contribution in [0.3, 0.4) is 0 Å². The van der Waals surface area contributed by atoms with Crippen LogP contribution in [0.4, 0.5) is 0 Å². The molecular formula is C13H16N2O3. The van der Waals surface area contributed by atoms with Gasteiger partial charge in [0, 0.05) is 30.6 Å². The number of hydrogen-bond acceptors (Lipinski definition) is 3.